The van der Waals surface area contributed by atoms with Gasteiger partial charge in [0, 0.05) is 12.7 Å². The Labute approximate surface area is 125 Å². The molecule has 2 rings (SSSR count). The van der Waals surface area contributed by atoms with E-state index in [-0.39, 0.29) is 12.2 Å². The van der Waals surface area contributed by atoms with Gasteiger partial charge >= 0.3 is 0 Å². The number of rotatable bonds is 5. The monoisotopic (exact) mass is 338 g/mol. The number of nitrogens with one attached hydrogen (secondary N) is 1. The lowest BCUT2D eigenvalue weighted by molar-refractivity contribution is 0.180. The Hall–Kier alpha value is -1.66. The van der Waals surface area contributed by atoms with Gasteiger partial charge in [0.1, 0.15) is 16.0 Å². The Bertz CT molecular complexity index is 638. The highest BCUT2D eigenvalue weighted by molar-refractivity contribution is 9.10. The van der Waals surface area contributed by atoms with Gasteiger partial charge in [0.15, 0.2) is 0 Å². The Balaban J connectivity index is 2.39. The molecule has 6 heteroatoms. The number of methoxy groups -OCH3 is 1. The fourth-order valence-electron chi connectivity index (χ4n) is 1.75. The predicted octanol–water partition coefficient (Wildman–Crippen LogP) is 2.74. The smallest absolute Gasteiger partial charge is 0.265 e. The van der Waals surface area contributed by atoms with Crippen molar-refractivity contribution in [3.8, 4) is 17.1 Å². The first kappa shape index (κ1) is 14.7. The van der Waals surface area contributed by atoms with Gasteiger partial charge in [-0.25, -0.2) is 4.98 Å². The van der Waals surface area contributed by atoms with Gasteiger partial charge in [0.05, 0.1) is 18.9 Å². The molecule has 0 unspecified atom stereocenters. The third kappa shape index (κ3) is 3.26. The van der Waals surface area contributed by atoms with Crippen molar-refractivity contribution in [3.63, 3.8) is 0 Å². The maximum Gasteiger partial charge on any atom is 0.265 e. The van der Waals surface area contributed by atoms with Gasteiger partial charge in [-0.2, -0.15) is 0 Å². The average molecular weight is 339 g/mol. The molecule has 0 fully saturated rings. The Morgan fingerprint density at radius 3 is 2.60 bits per heavy atom. The molecule has 0 aliphatic heterocycles. The minimum absolute atomic E-state index is 0.226. The summed E-state index contributed by atoms with van der Waals surface area (Å²) in [6.07, 6.45) is 0. The molecule has 1 N–H and O–H groups in total. The molecule has 0 aliphatic rings. The average Bonchev–Trinajstić information content (AvgIpc) is 2.45. The van der Waals surface area contributed by atoms with Gasteiger partial charge in [-0.1, -0.05) is 0 Å². The molecule has 20 heavy (non-hydrogen) atoms. The van der Waals surface area contributed by atoms with Crippen LogP contribution in [0.4, 0.5) is 0 Å². The van der Waals surface area contributed by atoms with E-state index in [0.717, 1.165) is 11.3 Å². The number of hydrogen-bond acceptors (Lipinski definition) is 4. The number of benzene rings is 1. The number of nitrogens with zero attached hydrogens (tertiary/aromatic N) is 1. The summed E-state index contributed by atoms with van der Waals surface area (Å²) in [5.41, 5.74) is 1.16. The molecule has 106 valence electrons. The van der Waals surface area contributed by atoms with Gasteiger partial charge in [0.2, 0.25) is 0 Å². The van der Waals surface area contributed by atoms with Gasteiger partial charge < -0.3 is 14.5 Å². The van der Waals surface area contributed by atoms with E-state index in [1.54, 1.807) is 7.11 Å². The second-order valence-corrected chi connectivity index (χ2v) is 4.86. The van der Waals surface area contributed by atoms with E-state index in [2.05, 4.69) is 25.9 Å². The summed E-state index contributed by atoms with van der Waals surface area (Å²) in [4.78, 5) is 19.0. The molecule has 0 radical (unpaired) electrons. The van der Waals surface area contributed by atoms with Crippen LogP contribution in [-0.2, 0) is 11.3 Å². The van der Waals surface area contributed by atoms with Crippen LogP contribution in [-0.4, -0.2) is 23.7 Å². The third-order valence-corrected chi connectivity index (χ3v) is 3.47. The molecule has 0 aliphatic carbocycles. The first-order valence-corrected chi connectivity index (χ1v) is 6.96. The zero-order chi connectivity index (χ0) is 14.5. The van der Waals surface area contributed by atoms with E-state index in [4.69, 9.17) is 9.47 Å². The number of aromatic nitrogens is 2. The summed E-state index contributed by atoms with van der Waals surface area (Å²) in [7, 11) is 1.56. The number of aromatic amines is 1. The molecule has 0 spiro atoms. The van der Waals surface area contributed by atoms with Crippen molar-refractivity contribution in [2.75, 3.05) is 13.7 Å². The number of H-pyrrole nitrogens is 1. The first-order chi connectivity index (χ1) is 9.65. The highest BCUT2D eigenvalue weighted by Gasteiger charge is 2.10. The summed E-state index contributed by atoms with van der Waals surface area (Å²) >= 11 is 3.21. The minimum atomic E-state index is -0.226. The molecule has 0 bridgehead atoms. The summed E-state index contributed by atoms with van der Waals surface area (Å²) in [5, 5.41) is 0. The normalized spacial score (nSPS) is 10.6. The van der Waals surface area contributed by atoms with Crippen LogP contribution in [0.5, 0.6) is 5.75 Å². The Morgan fingerprint density at radius 1 is 1.30 bits per heavy atom. The van der Waals surface area contributed by atoms with Crippen molar-refractivity contribution in [1.82, 2.24) is 9.97 Å². The fraction of sp³-hybridized carbons (Fsp3) is 0.286. The zero-order valence-electron chi connectivity index (χ0n) is 11.3. The molecule has 2 aromatic rings. The van der Waals surface area contributed by atoms with Crippen molar-refractivity contribution in [2.24, 2.45) is 0 Å². The van der Waals surface area contributed by atoms with Crippen LogP contribution in [0.3, 0.4) is 0 Å². The largest absolute Gasteiger partial charge is 0.494 e. The summed E-state index contributed by atoms with van der Waals surface area (Å²) < 4.78 is 10.8. The van der Waals surface area contributed by atoms with Crippen LogP contribution >= 0.6 is 15.9 Å². The van der Waals surface area contributed by atoms with Crippen molar-refractivity contribution < 1.29 is 9.47 Å². The lowest BCUT2D eigenvalue weighted by Gasteiger charge is -2.07. The molecule has 0 saturated carbocycles. The van der Waals surface area contributed by atoms with Gasteiger partial charge in [-0.15, -0.1) is 0 Å². The van der Waals surface area contributed by atoms with Crippen molar-refractivity contribution in [3.05, 3.63) is 44.8 Å². The predicted molar refractivity (Wildman–Crippen MR) is 79.9 cm³/mol. The maximum atomic E-state index is 11.9. The molecule has 1 heterocycles. The van der Waals surface area contributed by atoms with E-state index in [9.17, 15) is 4.79 Å². The van der Waals surface area contributed by atoms with E-state index in [0.29, 0.717) is 22.6 Å². The number of halogens is 1. The highest BCUT2D eigenvalue weighted by atomic mass is 79.9. The second kappa shape index (κ2) is 6.67. The molecular weight excluding hydrogens is 324 g/mol. The topological polar surface area (TPSA) is 64.2 Å². The summed E-state index contributed by atoms with van der Waals surface area (Å²) in [6.45, 7) is 2.82. The first-order valence-electron chi connectivity index (χ1n) is 6.16. The Kier molecular flexibility index (Phi) is 4.92. The quantitative estimate of drug-likeness (QED) is 0.910. The van der Waals surface area contributed by atoms with Gasteiger partial charge in [0.25, 0.3) is 5.56 Å². The molecule has 0 atom stereocenters. The molecule has 0 amide bonds. The van der Waals surface area contributed by atoms with Crippen molar-refractivity contribution in [1.29, 1.82) is 0 Å². The third-order valence-electron chi connectivity index (χ3n) is 2.65. The minimum Gasteiger partial charge on any atom is -0.494 e. The van der Waals surface area contributed by atoms with E-state index < -0.39 is 0 Å². The zero-order valence-corrected chi connectivity index (χ0v) is 12.9. The van der Waals surface area contributed by atoms with Crippen LogP contribution in [0.1, 0.15) is 12.6 Å². The Morgan fingerprint density at radius 2 is 2.00 bits per heavy atom. The number of hydrogen-bond donors (Lipinski definition) is 1. The van der Waals surface area contributed by atoms with Crippen LogP contribution in [0.15, 0.2) is 33.5 Å². The van der Waals surface area contributed by atoms with Crippen molar-refractivity contribution >= 4 is 15.9 Å². The maximum absolute atomic E-state index is 11.9. The molecule has 1 aromatic carbocycles. The lowest BCUT2D eigenvalue weighted by Crippen LogP contribution is -2.14. The van der Waals surface area contributed by atoms with E-state index in [1.807, 2.05) is 31.2 Å². The second-order valence-electron chi connectivity index (χ2n) is 4.07. The van der Waals surface area contributed by atoms with E-state index in [1.165, 1.54) is 0 Å². The summed E-state index contributed by atoms with van der Waals surface area (Å²) in [5.74, 6) is 1.29. The fourth-order valence-corrected chi connectivity index (χ4v) is 2.05. The summed E-state index contributed by atoms with van der Waals surface area (Å²) in [6, 6.07) is 7.40. The van der Waals surface area contributed by atoms with Gasteiger partial charge in [-0.3, -0.25) is 4.79 Å². The lowest BCUT2D eigenvalue weighted by atomic mass is 10.2. The van der Waals surface area contributed by atoms with Crippen LogP contribution in [0, 0.1) is 0 Å². The molecule has 1 aromatic heterocycles. The number of ether oxygens (including phenoxy) is 2. The molecule has 0 saturated heterocycles. The van der Waals surface area contributed by atoms with E-state index >= 15 is 0 Å². The van der Waals surface area contributed by atoms with Crippen LogP contribution in [0.2, 0.25) is 0 Å². The van der Waals surface area contributed by atoms with Gasteiger partial charge in [-0.05, 0) is 47.1 Å². The van der Waals surface area contributed by atoms with Crippen LogP contribution in [0.25, 0.3) is 11.4 Å². The molecular formula is C14H15BrN2O3. The molecule has 5 nitrogen and oxygen atoms in total. The van der Waals surface area contributed by atoms with Crippen LogP contribution < -0.4 is 10.3 Å². The highest BCUT2D eigenvalue weighted by Crippen LogP contribution is 2.20. The SMILES string of the molecule is CCOc1ccc(-c2nc(COC)c(Br)c(=O)[nH]2)cc1. The van der Waals surface area contributed by atoms with Crippen molar-refractivity contribution in [2.45, 2.75) is 13.5 Å². The standard InChI is InChI=1S/C14H15BrN2O3/c1-3-20-10-6-4-9(5-7-10)13-16-11(8-19-2)12(15)14(18)17-13/h4-7H,3,8H2,1-2H3,(H,16,17,18).